The molecular weight excluding hydrogens is 490 g/mol. The molecule has 0 saturated heterocycles. The summed E-state index contributed by atoms with van der Waals surface area (Å²) in [5.41, 5.74) is 8.80. The predicted molar refractivity (Wildman–Crippen MR) is 167 cm³/mol. The molecule has 0 bridgehead atoms. The zero-order chi connectivity index (χ0) is 27.1. The van der Waals surface area contributed by atoms with Crippen LogP contribution in [0.5, 0.6) is 0 Å². The van der Waals surface area contributed by atoms with Crippen molar-refractivity contribution >= 4 is 31.5 Å². The van der Waals surface area contributed by atoms with Crippen molar-refractivity contribution in [2.24, 2.45) is 0 Å². The van der Waals surface area contributed by atoms with Gasteiger partial charge in [-0.05, 0) is 63.7 Å². The maximum absolute atomic E-state index is 9.12. The van der Waals surface area contributed by atoms with Gasteiger partial charge in [0.25, 0.3) is 0 Å². The van der Waals surface area contributed by atoms with Gasteiger partial charge in [-0.25, -0.2) is 0 Å². The largest absolute Gasteiger partial charge is 0.256 e. The summed E-state index contributed by atoms with van der Waals surface area (Å²) >= 11 is 1.83. The van der Waals surface area contributed by atoms with Crippen LogP contribution < -0.4 is 0 Å². The lowest BCUT2D eigenvalue weighted by Crippen LogP contribution is -1.97. The van der Waals surface area contributed by atoms with Gasteiger partial charge in [0.05, 0.1) is 5.69 Å². The van der Waals surface area contributed by atoms with Crippen molar-refractivity contribution in [3.8, 4) is 33.5 Å². The van der Waals surface area contributed by atoms with E-state index in [1.807, 2.05) is 60.9 Å². The molecule has 5 aromatic carbocycles. The molecule has 2 heterocycles. The first kappa shape index (κ1) is 22.5. The Kier molecular flexibility index (Phi) is 5.74. The molecule has 186 valence electrons. The summed E-state index contributed by atoms with van der Waals surface area (Å²) in [4.78, 5) is 4.70. The first-order chi connectivity index (χ1) is 19.6. The second kappa shape index (κ2) is 9.98. The molecule has 0 radical (unpaired) electrons. The molecule has 0 spiro atoms. The highest BCUT2D eigenvalue weighted by Crippen LogP contribution is 2.40. The molecule has 7 rings (SSSR count). The van der Waals surface area contributed by atoms with Crippen molar-refractivity contribution in [1.82, 2.24) is 4.98 Å². The number of rotatable bonds is 5. The van der Waals surface area contributed by atoms with Gasteiger partial charge in [-0.2, -0.15) is 0 Å². The Labute approximate surface area is 234 Å². The molecule has 0 fully saturated rings. The van der Waals surface area contributed by atoms with Crippen molar-refractivity contribution in [2.75, 3.05) is 0 Å². The minimum absolute atomic E-state index is 0.857. The number of benzene rings is 5. The van der Waals surface area contributed by atoms with Gasteiger partial charge in [0, 0.05) is 39.2 Å². The molecular formula is C37H27NS. The Balaban J connectivity index is 1.29. The topological polar surface area (TPSA) is 12.9 Å². The highest BCUT2D eigenvalue weighted by molar-refractivity contribution is 7.25. The molecule has 1 nitrogen and oxygen atoms in total. The molecule has 2 heteroatoms. The van der Waals surface area contributed by atoms with Crippen molar-refractivity contribution in [3.63, 3.8) is 0 Å². The summed E-state index contributed by atoms with van der Waals surface area (Å²) in [6, 6.07) is 46.7. The third-order valence-corrected chi connectivity index (χ3v) is 8.62. The zero-order valence-corrected chi connectivity index (χ0v) is 22.5. The molecule has 0 aliphatic carbocycles. The lowest BCUT2D eigenvalue weighted by molar-refractivity contribution is 0.918. The van der Waals surface area contributed by atoms with E-state index >= 15 is 0 Å². The van der Waals surface area contributed by atoms with E-state index in [1.165, 1.54) is 42.4 Å². The second-order valence-corrected chi connectivity index (χ2v) is 10.9. The van der Waals surface area contributed by atoms with Gasteiger partial charge in [0.15, 0.2) is 0 Å². The van der Waals surface area contributed by atoms with Crippen molar-refractivity contribution in [2.45, 2.75) is 12.8 Å². The number of nitrogens with zero attached hydrogens (tertiary/aromatic N) is 1. The number of aromatic nitrogens is 1. The molecule has 0 saturated carbocycles. The van der Waals surface area contributed by atoms with Crippen LogP contribution in [0.3, 0.4) is 0 Å². The molecule has 0 N–H and O–H groups in total. The average Bonchev–Trinajstić information content (AvgIpc) is 3.39. The zero-order valence-electron chi connectivity index (χ0n) is 22.6. The summed E-state index contributed by atoms with van der Waals surface area (Å²) < 4.78 is 11.7. The van der Waals surface area contributed by atoms with Crippen LogP contribution in [-0.2, 0) is 0 Å². The first-order valence-corrected chi connectivity index (χ1v) is 14.0. The molecule has 1 unspecified atom stereocenters. The van der Waals surface area contributed by atoms with Gasteiger partial charge in [-0.15, -0.1) is 11.3 Å². The second-order valence-electron chi connectivity index (χ2n) is 9.86. The number of fused-ring (bicyclic) bond motifs is 3. The van der Waals surface area contributed by atoms with Crippen LogP contribution in [-0.4, -0.2) is 4.98 Å². The van der Waals surface area contributed by atoms with Gasteiger partial charge in [-0.1, -0.05) is 110 Å². The Bertz CT molecular complexity index is 1970. The molecule has 0 aliphatic heterocycles. The van der Waals surface area contributed by atoms with Crippen LogP contribution in [0.2, 0.25) is 0 Å². The fraction of sp³-hybridized carbons (Fsp3) is 0.0541. The van der Waals surface area contributed by atoms with Crippen LogP contribution in [0.1, 0.15) is 25.3 Å². The summed E-state index contributed by atoms with van der Waals surface area (Å²) in [7, 11) is 0. The number of pyridine rings is 1. The van der Waals surface area contributed by atoms with Crippen LogP contribution in [0, 0.1) is 0 Å². The summed E-state index contributed by atoms with van der Waals surface area (Å²) in [5.74, 6) is -0.857. The fourth-order valence-electron chi connectivity index (χ4n) is 5.38. The number of thiophene rings is 1. The van der Waals surface area contributed by atoms with E-state index in [4.69, 9.17) is 6.35 Å². The fourth-order valence-corrected chi connectivity index (χ4v) is 6.51. The summed E-state index contributed by atoms with van der Waals surface area (Å²) in [5, 5.41) is 2.50. The van der Waals surface area contributed by atoms with Crippen LogP contribution >= 0.6 is 11.3 Å². The number of hydrogen-bond acceptors (Lipinski definition) is 2. The monoisotopic (exact) mass is 518 g/mol. The normalized spacial score (nSPS) is 13.3. The SMILES string of the molecule is [2H]C(C)(c1ccccc1)c1ccnc(-c2ccc3sc4cc(-c5ccccc5-c5ccccc5)ccc4c3c2)c1. The lowest BCUT2D eigenvalue weighted by Gasteiger charge is -2.13. The maximum Gasteiger partial charge on any atom is 0.0705 e. The molecule has 39 heavy (non-hydrogen) atoms. The van der Waals surface area contributed by atoms with Crippen molar-refractivity contribution < 1.29 is 1.37 Å². The standard InChI is InChI=1S/C37H27NS/c1-25(26-10-4-2-5-11-26)28-20-21-38-35(23-28)30-17-19-36-34(22-30)33-18-16-29(24-37(33)39-36)32-15-9-8-14-31(32)27-12-6-3-7-13-27/h2-25H,1H3/i25D. The Morgan fingerprint density at radius 2 is 1.26 bits per heavy atom. The smallest absolute Gasteiger partial charge is 0.0705 e. The molecule has 7 aromatic rings. The minimum Gasteiger partial charge on any atom is -0.256 e. The van der Waals surface area contributed by atoms with E-state index in [9.17, 15) is 0 Å². The quantitative estimate of drug-likeness (QED) is 0.221. The van der Waals surface area contributed by atoms with Gasteiger partial charge < -0.3 is 0 Å². The van der Waals surface area contributed by atoms with E-state index < -0.39 is 5.89 Å². The molecule has 0 aliphatic rings. The van der Waals surface area contributed by atoms with Gasteiger partial charge in [0.2, 0.25) is 0 Å². The van der Waals surface area contributed by atoms with E-state index in [2.05, 4.69) is 97.1 Å². The molecule has 0 amide bonds. The molecule has 2 aromatic heterocycles. The van der Waals surface area contributed by atoms with E-state index in [0.717, 1.165) is 22.4 Å². The third kappa shape index (κ3) is 4.43. The van der Waals surface area contributed by atoms with E-state index in [-0.39, 0.29) is 0 Å². The van der Waals surface area contributed by atoms with Crippen molar-refractivity contribution in [1.29, 1.82) is 0 Å². The lowest BCUT2D eigenvalue weighted by atomic mass is 9.92. The van der Waals surface area contributed by atoms with Crippen molar-refractivity contribution in [3.05, 3.63) is 151 Å². The van der Waals surface area contributed by atoms with Gasteiger partial charge in [0.1, 0.15) is 0 Å². The van der Waals surface area contributed by atoms with Crippen LogP contribution in [0.15, 0.2) is 140 Å². The Hall–Kier alpha value is -4.53. The average molecular weight is 519 g/mol. The summed E-state index contributed by atoms with van der Waals surface area (Å²) in [6.45, 7) is 1.95. The van der Waals surface area contributed by atoms with Gasteiger partial charge >= 0.3 is 0 Å². The Morgan fingerprint density at radius 1 is 0.564 bits per heavy atom. The Morgan fingerprint density at radius 3 is 2.05 bits per heavy atom. The predicted octanol–water partition coefficient (Wildman–Crippen LogP) is 10.6. The highest BCUT2D eigenvalue weighted by Gasteiger charge is 2.13. The first-order valence-electron chi connectivity index (χ1n) is 13.7. The van der Waals surface area contributed by atoms with Crippen LogP contribution in [0.4, 0.5) is 0 Å². The molecule has 1 atom stereocenters. The minimum atomic E-state index is -0.857. The van der Waals surface area contributed by atoms with E-state index in [0.29, 0.717) is 0 Å². The van der Waals surface area contributed by atoms with Crippen LogP contribution in [0.25, 0.3) is 53.7 Å². The number of hydrogen-bond donors (Lipinski definition) is 0. The summed E-state index contributed by atoms with van der Waals surface area (Å²) in [6.07, 6.45) is 1.83. The van der Waals surface area contributed by atoms with E-state index in [1.54, 1.807) is 0 Å². The third-order valence-electron chi connectivity index (χ3n) is 7.49. The maximum atomic E-state index is 9.12. The van der Waals surface area contributed by atoms with Gasteiger partial charge in [-0.3, -0.25) is 4.98 Å². The highest BCUT2D eigenvalue weighted by atomic mass is 32.1.